The van der Waals surface area contributed by atoms with Gasteiger partial charge in [0.1, 0.15) is 6.04 Å². The summed E-state index contributed by atoms with van der Waals surface area (Å²) in [6.07, 6.45) is 3.21. The number of likely N-dealkylation sites (tertiary alicyclic amines) is 1. The number of piperidine rings is 1. The Morgan fingerprint density at radius 2 is 1.96 bits per heavy atom. The molecule has 2 amide bonds. The van der Waals surface area contributed by atoms with Crippen LogP contribution in [0.4, 0.5) is 0 Å². The average Bonchev–Trinajstić information content (AvgIpc) is 2.57. The lowest BCUT2D eigenvalue weighted by Gasteiger charge is -2.33. The lowest BCUT2D eigenvalue weighted by atomic mass is 10.0. The molecule has 130 valence electrons. The lowest BCUT2D eigenvalue weighted by Crippen LogP contribution is -2.51. The SMILES string of the molecule is NC(=O)[C@H]1CCCCN1C(=O)COC(=O)c1ncc(Cl)c(Cl)c1Cl. The standard InChI is InChI=1S/C14H14Cl3N3O4/c15-7-5-19-12(11(17)10(7)16)14(23)24-6-9(21)20-4-2-1-3-8(20)13(18)22/h5,8H,1-4,6H2,(H2,18,22)/t8-/m1/s1. The highest BCUT2D eigenvalue weighted by atomic mass is 35.5. The van der Waals surface area contributed by atoms with Gasteiger partial charge in [-0.15, -0.1) is 0 Å². The number of ether oxygens (including phenoxy) is 1. The molecule has 0 aliphatic carbocycles. The van der Waals surface area contributed by atoms with Crippen LogP contribution < -0.4 is 5.73 Å². The molecule has 1 aromatic rings. The minimum atomic E-state index is -0.917. The number of primary amides is 1. The van der Waals surface area contributed by atoms with Crippen molar-refractivity contribution in [2.24, 2.45) is 5.73 Å². The Hall–Kier alpha value is -1.57. The summed E-state index contributed by atoms with van der Waals surface area (Å²) in [7, 11) is 0. The second-order valence-electron chi connectivity index (χ2n) is 5.16. The molecule has 0 saturated carbocycles. The number of hydrogen-bond acceptors (Lipinski definition) is 5. The number of amides is 2. The van der Waals surface area contributed by atoms with Crippen molar-refractivity contribution in [3.05, 3.63) is 27.0 Å². The van der Waals surface area contributed by atoms with E-state index >= 15 is 0 Å². The summed E-state index contributed by atoms with van der Waals surface area (Å²) in [5.41, 5.74) is 5.05. The van der Waals surface area contributed by atoms with Crippen molar-refractivity contribution >= 4 is 52.6 Å². The van der Waals surface area contributed by atoms with Crippen molar-refractivity contribution in [1.82, 2.24) is 9.88 Å². The van der Waals surface area contributed by atoms with E-state index in [4.69, 9.17) is 45.3 Å². The molecule has 2 heterocycles. The Morgan fingerprint density at radius 1 is 1.25 bits per heavy atom. The van der Waals surface area contributed by atoms with Crippen molar-refractivity contribution in [3.63, 3.8) is 0 Å². The van der Waals surface area contributed by atoms with E-state index in [1.807, 2.05) is 0 Å². The molecule has 2 N–H and O–H groups in total. The fraction of sp³-hybridized carbons (Fsp3) is 0.429. The molecular weight excluding hydrogens is 381 g/mol. The first-order chi connectivity index (χ1) is 11.3. The number of nitrogens with zero attached hydrogens (tertiary/aromatic N) is 2. The molecular formula is C14H14Cl3N3O4. The van der Waals surface area contributed by atoms with E-state index in [1.165, 1.54) is 4.90 Å². The highest BCUT2D eigenvalue weighted by molar-refractivity contribution is 6.48. The maximum Gasteiger partial charge on any atom is 0.359 e. The van der Waals surface area contributed by atoms with E-state index in [9.17, 15) is 14.4 Å². The van der Waals surface area contributed by atoms with Gasteiger partial charge in [-0.1, -0.05) is 34.8 Å². The Morgan fingerprint density at radius 3 is 2.62 bits per heavy atom. The average molecular weight is 395 g/mol. The zero-order valence-electron chi connectivity index (χ0n) is 12.4. The Balaban J connectivity index is 2.02. The van der Waals surface area contributed by atoms with E-state index in [0.29, 0.717) is 13.0 Å². The number of rotatable bonds is 4. The lowest BCUT2D eigenvalue weighted by molar-refractivity contribution is -0.143. The zero-order chi connectivity index (χ0) is 17.9. The molecule has 2 rings (SSSR count). The van der Waals surface area contributed by atoms with Gasteiger partial charge in [0.25, 0.3) is 5.91 Å². The summed E-state index contributed by atoms with van der Waals surface area (Å²) in [4.78, 5) is 40.7. The number of esters is 1. The zero-order valence-corrected chi connectivity index (χ0v) is 14.7. The Kier molecular flexibility index (Phi) is 6.26. The summed E-state index contributed by atoms with van der Waals surface area (Å²) >= 11 is 17.4. The molecule has 1 atom stereocenters. The topological polar surface area (TPSA) is 103 Å². The van der Waals surface area contributed by atoms with Crippen LogP contribution >= 0.6 is 34.8 Å². The van der Waals surface area contributed by atoms with Gasteiger partial charge in [0.15, 0.2) is 12.3 Å². The number of nitrogens with two attached hydrogens (primary N) is 1. The summed E-state index contributed by atoms with van der Waals surface area (Å²) in [6, 6.07) is -0.684. The van der Waals surface area contributed by atoms with Gasteiger partial charge < -0.3 is 15.4 Å². The molecule has 7 nitrogen and oxygen atoms in total. The van der Waals surface area contributed by atoms with Crippen LogP contribution in [0.1, 0.15) is 29.8 Å². The summed E-state index contributed by atoms with van der Waals surface area (Å²) in [5.74, 6) is -2.01. The van der Waals surface area contributed by atoms with Gasteiger partial charge >= 0.3 is 5.97 Å². The van der Waals surface area contributed by atoms with Gasteiger partial charge in [0.2, 0.25) is 5.91 Å². The van der Waals surface area contributed by atoms with Gasteiger partial charge in [-0.05, 0) is 19.3 Å². The number of halogens is 3. The van der Waals surface area contributed by atoms with Gasteiger partial charge in [-0.2, -0.15) is 0 Å². The summed E-state index contributed by atoms with van der Waals surface area (Å²) < 4.78 is 4.92. The van der Waals surface area contributed by atoms with Gasteiger partial charge in [0, 0.05) is 12.7 Å². The van der Waals surface area contributed by atoms with Crippen LogP contribution in [0.5, 0.6) is 0 Å². The van der Waals surface area contributed by atoms with E-state index in [1.54, 1.807) is 0 Å². The van der Waals surface area contributed by atoms with Crippen molar-refractivity contribution in [2.45, 2.75) is 25.3 Å². The first-order valence-corrected chi connectivity index (χ1v) is 8.21. The van der Waals surface area contributed by atoms with Gasteiger partial charge in [0.05, 0.1) is 15.1 Å². The number of carbonyl (C=O) groups is 3. The van der Waals surface area contributed by atoms with Gasteiger partial charge in [-0.3, -0.25) is 9.59 Å². The number of aromatic nitrogens is 1. The van der Waals surface area contributed by atoms with Gasteiger partial charge in [-0.25, -0.2) is 9.78 Å². The van der Waals surface area contributed by atoms with Crippen LogP contribution in [0.15, 0.2) is 6.20 Å². The largest absolute Gasteiger partial charge is 0.451 e. The molecule has 0 radical (unpaired) electrons. The van der Waals surface area contributed by atoms with E-state index in [-0.39, 0.29) is 20.8 Å². The first-order valence-electron chi connectivity index (χ1n) is 7.08. The fourth-order valence-corrected chi connectivity index (χ4v) is 2.95. The monoisotopic (exact) mass is 393 g/mol. The van der Waals surface area contributed by atoms with Crippen molar-refractivity contribution in [3.8, 4) is 0 Å². The third-order valence-corrected chi connectivity index (χ3v) is 4.83. The smallest absolute Gasteiger partial charge is 0.359 e. The molecule has 1 fully saturated rings. The van der Waals surface area contributed by atoms with Crippen molar-refractivity contribution in [2.75, 3.05) is 13.2 Å². The molecule has 0 spiro atoms. The molecule has 1 aromatic heterocycles. The molecule has 10 heteroatoms. The molecule has 1 aliphatic rings. The summed E-state index contributed by atoms with van der Waals surface area (Å²) in [6.45, 7) is -0.170. The second-order valence-corrected chi connectivity index (χ2v) is 6.32. The van der Waals surface area contributed by atoms with E-state index < -0.39 is 30.4 Å². The van der Waals surface area contributed by atoms with E-state index in [0.717, 1.165) is 19.0 Å². The van der Waals surface area contributed by atoms with E-state index in [2.05, 4.69) is 4.98 Å². The molecule has 1 saturated heterocycles. The Bertz CT molecular complexity index is 683. The molecule has 1 aliphatic heterocycles. The summed E-state index contributed by atoms with van der Waals surface area (Å²) in [5, 5.41) is -0.0991. The predicted molar refractivity (Wildman–Crippen MR) is 88.1 cm³/mol. The van der Waals surface area contributed by atoms with Crippen LogP contribution in [0.3, 0.4) is 0 Å². The first kappa shape index (κ1) is 18.8. The molecule has 0 aromatic carbocycles. The van der Waals surface area contributed by atoms with Crippen LogP contribution in [-0.4, -0.2) is 46.9 Å². The van der Waals surface area contributed by atoms with Crippen LogP contribution in [0, 0.1) is 0 Å². The third-order valence-electron chi connectivity index (χ3n) is 3.59. The van der Waals surface area contributed by atoms with Crippen LogP contribution in [-0.2, 0) is 14.3 Å². The third kappa shape index (κ3) is 4.09. The quantitative estimate of drug-likeness (QED) is 0.787. The highest BCUT2D eigenvalue weighted by Gasteiger charge is 2.31. The normalized spacial score (nSPS) is 17.5. The maximum atomic E-state index is 12.2. The highest BCUT2D eigenvalue weighted by Crippen LogP contribution is 2.31. The van der Waals surface area contributed by atoms with Crippen molar-refractivity contribution in [1.29, 1.82) is 0 Å². The molecule has 24 heavy (non-hydrogen) atoms. The molecule has 0 bridgehead atoms. The number of hydrogen-bond donors (Lipinski definition) is 1. The fourth-order valence-electron chi connectivity index (χ4n) is 2.39. The van der Waals surface area contributed by atoms with Crippen LogP contribution in [0.2, 0.25) is 15.1 Å². The molecule has 0 unspecified atom stereocenters. The minimum absolute atomic E-state index is 0.0311. The minimum Gasteiger partial charge on any atom is -0.451 e. The maximum absolute atomic E-state index is 12.2. The van der Waals surface area contributed by atoms with Crippen LogP contribution in [0.25, 0.3) is 0 Å². The second kappa shape index (κ2) is 8.00. The number of carbonyl (C=O) groups excluding carboxylic acids is 3. The van der Waals surface area contributed by atoms with Crippen molar-refractivity contribution < 1.29 is 19.1 Å². The Labute approximate surface area is 153 Å². The number of pyridine rings is 1. The predicted octanol–water partition coefficient (Wildman–Crippen LogP) is 2.06.